The highest BCUT2D eigenvalue weighted by atomic mass is 35.5. The number of hydrogen-bond acceptors (Lipinski definition) is 3. The van der Waals surface area contributed by atoms with Gasteiger partial charge in [0.05, 0.1) is 12.1 Å². The Hall–Kier alpha value is -1.81. The summed E-state index contributed by atoms with van der Waals surface area (Å²) in [5, 5.41) is 0.673. The largest absolute Gasteiger partial charge is 0.441 e. The second-order valence-corrected chi connectivity index (χ2v) is 6.43. The molecule has 122 valence electrons. The molecule has 0 radical (unpaired) electrons. The minimum absolute atomic E-state index is 0.147. The minimum Gasteiger partial charge on any atom is -0.441 e. The number of oxazole rings is 1. The van der Waals surface area contributed by atoms with E-state index in [9.17, 15) is 4.79 Å². The maximum absolute atomic E-state index is 12.6. The number of aryl methyl sites for hydroxylation is 1. The van der Waals surface area contributed by atoms with Gasteiger partial charge in [-0.05, 0) is 50.5 Å². The van der Waals surface area contributed by atoms with E-state index >= 15 is 0 Å². The van der Waals surface area contributed by atoms with E-state index in [1.165, 1.54) is 0 Å². The Balaban J connectivity index is 1.76. The van der Waals surface area contributed by atoms with Crippen molar-refractivity contribution in [1.29, 1.82) is 0 Å². The molecule has 2 heterocycles. The molecular weight excluding hydrogens is 312 g/mol. The van der Waals surface area contributed by atoms with Gasteiger partial charge in [-0.2, -0.15) is 0 Å². The van der Waals surface area contributed by atoms with E-state index in [1.54, 1.807) is 12.1 Å². The lowest BCUT2D eigenvalue weighted by molar-refractivity contribution is -0.131. The highest BCUT2D eigenvalue weighted by Crippen LogP contribution is 2.25. The Labute approximate surface area is 141 Å². The van der Waals surface area contributed by atoms with Gasteiger partial charge in [0.2, 0.25) is 11.8 Å². The van der Waals surface area contributed by atoms with Gasteiger partial charge in [0.25, 0.3) is 0 Å². The molecular formula is C18H21ClN2O2. The number of nitrogens with zero attached hydrogens (tertiary/aromatic N) is 2. The van der Waals surface area contributed by atoms with Gasteiger partial charge in [-0.25, -0.2) is 4.98 Å². The minimum atomic E-state index is 0.147. The quantitative estimate of drug-likeness (QED) is 0.841. The molecule has 2 aromatic rings. The van der Waals surface area contributed by atoms with E-state index < -0.39 is 0 Å². The van der Waals surface area contributed by atoms with Crippen LogP contribution in [0, 0.1) is 6.92 Å². The third-order valence-electron chi connectivity index (χ3n) is 4.47. The normalized spacial score (nSPS) is 17.7. The molecule has 0 aliphatic carbocycles. The molecule has 0 spiro atoms. The first kappa shape index (κ1) is 16.1. The molecule has 0 saturated carbocycles. The molecule has 3 rings (SSSR count). The summed E-state index contributed by atoms with van der Waals surface area (Å²) in [5.74, 6) is 1.39. The van der Waals surface area contributed by atoms with Gasteiger partial charge >= 0.3 is 0 Å². The molecule has 1 saturated heterocycles. The molecule has 1 aliphatic rings. The average molecular weight is 333 g/mol. The van der Waals surface area contributed by atoms with Crippen molar-refractivity contribution in [3.8, 4) is 11.5 Å². The van der Waals surface area contributed by atoms with Gasteiger partial charge in [-0.15, -0.1) is 0 Å². The molecule has 1 aliphatic heterocycles. The molecule has 0 N–H and O–H groups in total. The van der Waals surface area contributed by atoms with Crippen LogP contribution in [0.1, 0.15) is 37.6 Å². The zero-order chi connectivity index (χ0) is 16.4. The number of benzene rings is 1. The monoisotopic (exact) mass is 332 g/mol. The van der Waals surface area contributed by atoms with Crippen LogP contribution in [0.5, 0.6) is 0 Å². The number of hydrogen-bond donors (Lipinski definition) is 0. The lowest BCUT2D eigenvalue weighted by atomic mass is 10.1. The van der Waals surface area contributed by atoms with E-state index in [-0.39, 0.29) is 5.91 Å². The summed E-state index contributed by atoms with van der Waals surface area (Å²) >= 11 is 5.90. The fraction of sp³-hybridized carbons (Fsp3) is 0.444. The predicted octanol–water partition coefficient (Wildman–Crippen LogP) is 4.25. The molecule has 23 heavy (non-hydrogen) atoms. The molecule has 1 atom stereocenters. The Bertz CT molecular complexity index is 694. The van der Waals surface area contributed by atoms with Crippen molar-refractivity contribution < 1.29 is 9.21 Å². The zero-order valence-corrected chi connectivity index (χ0v) is 14.3. The number of likely N-dealkylation sites (tertiary alicyclic amines) is 1. The first-order valence-electron chi connectivity index (χ1n) is 8.10. The van der Waals surface area contributed by atoms with E-state index in [2.05, 4.69) is 11.9 Å². The van der Waals surface area contributed by atoms with E-state index in [1.807, 2.05) is 24.0 Å². The SMILES string of the molecule is CCC1CCCN1C(=O)Cc1nc(-c2ccc(Cl)cc2)oc1C. The number of rotatable bonds is 4. The van der Waals surface area contributed by atoms with Crippen molar-refractivity contribution in [3.05, 3.63) is 40.7 Å². The average Bonchev–Trinajstić information content (AvgIpc) is 3.15. The Morgan fingerprint density at radius 1 is 1.39 bits per heavy atom. The summed E-state index contributed by atoms with van der Waals surface area (Å²) in [7, 11) is 0. The highest BCUT2D eigenvalue weighted by Gasteiger charge is 2.28. The second-order valence-electron chi connectivity index (χ2n) is 6.00. The fourth-order valence-electron chi connectivity index (χ4n) is 3.14. The summed E-state index contributed by atoms with van der Waals surface area (Å²) in [6.07, 6.45) is 3.52. The number of carbonyl (C=O) groups is 1. The van der Waals surface area contributed by atoms with Crippen molar-refractivity contribution in [3.63, 3.8) is 0 Å². The smallest absolute Gasteiger partial charge is 0.228 e. The summed E-state index contributed by atoms with van der Waals surface area (Å²) in [5.41, 5.74) is 1.59. The lowest BCUT2D eigenvalue weighted by Gasteiger charge is -2.23. The Morgan fingerprint density at radius 2 is 2.13 bits per heavy atom. The van der Waals surface area contributed by atoms with Gasteiger partial charge in [0.1, 0.15) is 5.76 Å². The maximum atomic E-state index is 12.6. The third kappa shape index (κ3) is 3.42. The van der Waals surface area contributed by atoms with Crippen molar-refractivity contribution in [1.82, 2.24) is 9.88 Å². The molecule has 1 amide bonds. The topological polar surface area (TPSA) is 46.3 Å². The van der Waals surface area contributed by atoms with Crippen LogP contribution in [0.25, 0.3) is 11.5 Å². The molecule has 4 nitrogen and oxygen atoms in total. The van der Waals surface area contributed by atoms with Gasteiger partial charge < -0.3 is 9.32 Å². The van der Waals surface area contributed by atoms with Crippen molar-refractivity contribution in [2.45, 2.75) is 45.6 Å². The molecule has 0 bridgehead atoms. The summed E-state index contributed by atoms with van der Waals surface area (Å²) in [6, 6.07) is 7.72. The van der Waals surface area contributed by atoms with Crippen molar-refractivity contribution >= 4 is 17.5 Å². The first-order chi connectivity index (χ1) is 11.1. The Morgan fingerprint density at radius 3 is 2.83 bits per heavy atom. The van der Waals surface area contributed by atoms with Crippen LogP contribution in [-0.4, -0.2) is 28.4 Å². The van der Waals surface area contributed by atoms with Crippen LogP contribution in [0.15, 0.2) is 28.7 Å². The molecule has 1 fully saturated rings. The van der Waals surface area contributed by atoms with Crippen molar-refractivity contribution in [2.24, 2.45) is 0 Å². The van der Waals surface area contributed by atoms with Crippen LogP contribution in [-0.2, 0) is 11.2 Å². The lowest BCUT2D eigenvalue weighted by Crippen LogP contribution is -2.36. The van der Waals surface area contributed by atoms with E-state index in [0.717, 1.165) is 37.1 Å². The molecule has 1 aromatic heterocycles. The summed E-state index contributed by atoms with van der Waals surface area (Å²) in [4.78, 5) is 19.1. The first-order valence-corrected chi connectivity index (χ1v) is 8.48. The van der Waals surface area contributed by atoms with Gasteiger partial charge in [0, 0.05) is 23.2 Å². The van der Waals surface area contributed by atoms with E-state index in [4.69, 9.17) is 16.0 Å². The van der Waals surface area contributed by atoms with Gasteiger partial charge in [-0.1, -0.05) is 18.5 Å². The standard InChI is InChI=1S/C18H21ClN2O2/c1-3-15-5-4-10-21(15)17(22)11-16-12(2)23-18(20-16)13-6-8-14(19)9-7-13/h6-9,15H,3-5,10-11H2,1-2H3. The molecule has 1 aromatic carbocycles. The number of aromatic nitrogens is 1. The maximum Gasteiger partial charge on any atom is 0.228 e. The second kappa shape index (κ2) is 6.75. The van der Waals surface area contributed by atoms with Gasteiger partial charge in [0.15, 0.2) is 0 Å². The number of halogens is 1. The van der Waals surface area contributed by atoms with Crippen LogP contribution < -0.4 is 0 Å². The van der Waals surface area contributed by atoms with Crippen molar-refractivity contribution in [2.75, 3.05) is 6.54 Å². The summed E-state index contributed by atoms with van der Waals surface area (Å²) in [6.45, 7) is 4.85. The molecule has 1 unspecified atom stereocenters. The number of amides is 1. The third-order valence-corrected chi connectivity index (χ3v) is 4.72. The highest BCUT2D eigenvalue weighted by molar-refractivity contribution is 6.30. The summed E-state index contributed by atoms with van der Waals surface area (Å²) < 4.78 is 5.73. The number of carbonyl (C=O) groups excluding carboxylic acids is 1. The van der Waals surface area contributed by atoms with E-state index in [0.29, 0.717) is 29.1 Å². The van der Waals surface area contributed by atoms with Crippen LogP contribution >= 0.6 is 11.6 Å². The molecule has 5 heteroatoms. The van der Waals surface area contributed by atoms with Gasteiger partial charge in [-0.3, -0.25) is 4.79 Å². The van der Waals surface area contributed by atoms with Crippen LogP contribution in [0.2, 0.25) is 5.02 Å². The van der Waals surface area contributed by atoms with Crippen LogP contribution in [0.4, 0.5) is 0 Å². The predicted molar refractivity (Wildman–Crippen MR) is 90.4 cm³/mol. The zero-order valence-electron chi connectivity index (χ0n) is 13.5. The Kier molecular flexibility index (Phi) is 4.71. The van der Waals surface area contributed by atoms with Crippen LogP contribution in [0.3, 0.4) is 0 Å². The fourth-order valence-corrected chi connectivity index (χ4v) is 3.27.